The first-order valence-corrected chi connectivity index (χ1v) is 9.27. The van der Waals surface area contributed by atoms with Crippen molar-refractivity contribution in [1.29, 1.82) is 0 Å². The third-order valence-corrected chi connectivity index (χ3v) is 5.49. The normalized spacial score (nSPS) is 23.3. The van der Waals surface area contributed by atoms with Gasteiger partial charge in [0.1, 0.15) is 5.82 Å². The summed E-state index contributed by atoms with van der Waals surface area (Å²) < 4.78 is 1.80. The SMILES string of the molecule is CCc1nc(C(=O)N2CC[C@@H]3CNC[C@@H]3CC2)nn1-c1ccccc1. The van der Waals surface area contributed by atoms with Crippen LogP contribution in [0.2, 0.25) is 0 Å². The van der Waals surface area contributed by atoms with Gasteiger partial charge in [-0.25, -0.2) is 9.67 Å². The van der Waals surface area contributed by atoms with Gasteiger partial charge in [-0.1, -0.05) is 25.1 Å². The van der Waals surface area contributed by atoms with E-state index in [0.717, 1.165) is 57.0 Å². The molecule has 2 aliphatic heterocycles. The zero-order valence-electron chi connectivity index (χ0n) is 14.7. The minimum absolute atomic E-state index is 0.0303. The Morgan fingerprint density at radius 1 is 1.16 bits per heavy atom. The van der Waals surface area contributed by atoms with Gasteiger partial charge in [-0.2, -0.15) is 0 Å². The smallest absolute Gasteiger partial charge is 0.293 e. The third-order valence-electron chi connectivity index (χ3n) is 5.49. The average Bonchev–Trinajstić information content (AvgIpc) is 3.24. The number of carbonyl (C=O) groups is 1. The van der Waals surface area contributed by atoms with Gasteiger partial charge in [0, 0.05) is 19.5 Å². The van der Waals surface area contributed by atoms with E-state index in [9.17, 15) is 4.79 Å². The molecule has 2 atom stereocenters. The number of amides is 1. The molecule has 2 aromatic rings. The van der Waals surface area contributed by atoms with Crippen LogP contribution < -0.4 is 5.32 Å². The van der Waals surface area contributed by atoms with Crippen molar-refractivity contribution in [3.63, 3.8) is 0 Å². The van der Waals surface area contributed by atoms with E-state index in [0.29, 0.717) is 17.7 Å². The molecule has 0 bridgehead atoms. The van der Waals surface area contributed by atoms with Crippen LogP contribution in [0.25, 0.3) is 5.69 Å². The van der Waals surface area contributed by atoms with E-state index in [4.69, 9.17) is 0 Å². The lowest BCUT2D eigenvalue weighted by Gasteiger charge is -2.19. The zero-order chi connectivity index (χ0) is 17.2. The van der Waals surface area contributed by atoms with Crippen LogP contribution in [0.1, 0.15) is 36.2 Å². The van der Waals surface area contributed by atoms with Crippen molar-refractivity contribution in [1.82, 2.24) is 25.0 Å². The summed E-state index contributed by atoms with van der Waals surface area (Å²) >= 11 is 0. The molecular weight excluding hydrogens is 314 g/mol. The second-order valence-corrected chi connectivity index (χ2v) is 7.00. The van der Waals surface area contributed by atoms with Gasteiger partial charge in [0.2, 0.25) is 5.82 Å². The molecule has 25 heavy (non-hydrogen) atoms. The molecule has 1 amide bonds. The molecule has 1 aromatic heterocycles. The van der Waals surface area contributed by atoms with Crippen LogP contribution in [0, 0.1) is 11.8 Å². The number of carbonyl (C=O) groups excluding carboxylic acids is 1. The number of aryl methyl sites for hydroxylation is 1. The summed E-state index contributed by atoms with van der Waals surface area (Å²) in [5, 5.41) is 8.00. The predicted molar refractivity (Wildman–Crippen MR) is 95.7 cm³/mol. The van der Waals surface area contributed by atoms with Gasteiger partial charge < -0.3 is 10.2 Å². The van der Waals surface area contributed by atoms with Crippen molar-refractivity contribution in [2.24, 2.45) is 11.8 Å². The van der Waals surface area contributed by atoms with Gasteiger partial charge in [-0.3, -0.25) is 4.79 Å². The fourth-order valence-electron chi connectivity index (χ4n) is 4.00. The quantitative estimate of drug-likeness (QED) is 0.928. The lowest BCUT2D eigenvalue weighted by Crippen LogP contribution is -2.33. The zero-order valence-corrected chi connectivity index (χ0v) is 14.7. The fraction of sp³-hybridized carbons (Fsp3) is 0.526. The number of likely N-dealkylation sites (tertiary alicyclic amines) is 1. The number of para-hydroxylation sites is 1. The molecule has 132 valence electrons. The molecule has 2 aliphatic rings. The standard InChI is InChI=1S/C19H25N5O/c1-2-17-21-18(22-24(17)16-6-4-3-5-7-16)19(25)23-10-8-14-12-20-13-15(14)9-11-23/h3-7,14-15,20H,2,8-13H2,1H3/t14-,15+. The van der Waals surface area contributed by atoms with Crippen LogP contribution in [0.15, 0.2) is 30.3 Å². The maximum absolute atomic E-state index is 13.0. The van der Waals surface area contributed by atoms with E-state index >= 15 is 0 Å². The monoisotopic (exact) mass is 339 g/mol. The first-order chi connectivity index (χ1) is 12.3. The first kappa shape index (κ1) is 16.3. The first-order valence-electron chi connectivity index (χ1n) is 9.27. The molecule has 0 saturated carbocycles. The van der Waals surface area contributed by atoms with Crippen LogP contribution in [0.5, 0.6) is 0 Å². The predicted octanol–water partition coefficient (Wildman–Crippen LogP) is 1.90. The highest BCUT2D eigenvalue weighted by Crippen LogP contribution is 2.27. The van der Waals surface area contributed by atoms with E-state index in [1.807, 2.05) is 42.2 Å². The summed E-state index contributed by atoms with van der Waals surface area (Å²) in [6, 6.07) is 9.89. The minimum atomic E-state index is -0.0303. The highest BCUT2D eigenvalue weighted by molar-refractivity contribution is 5.90. The molecule has 6 heteroatoms. The summed E-state index contributed by atoms with van der Waals surface area (Å²) in [5.41, 5.74) is 0.947. The number of benzene rings is 1. The van der Waals surface area contributed by atoms with Crippen LogP contribution in [0.3, 0.4) is 0 Å². The Morgan fingerprint density at radius 3 is 2.48 bits per heavy atom. The Morgan fingerprint density at radius 2 is 1.84 bits per heavy atom. The number of hydrogen-bond donors (Lipinski definition) is 1. The van der Waals surface area contributed by atoms with Crippen molar-refractivity contribution in [3.05, 3.63) is 42.0 Å². The van der Waals surface area contributed by atoms with Crippen molar-refractivity contribution >= 4 is 5.91 Å². The van der Waals surface area contributed by atoms with Gasteiger partial charge in [-0.05, 0) is 49.9 Å². The van der Waals surface area contributed by atoms with Crippen molar-refractivity contribution < 1.29 is 4.79 Å². The number of nitrogens with one attached hydrogen (secondary N) is 1. The van der Waals surface area contributed by atoms with Crippen LogP contribution in [-0.4, -0.2) is 51.8 Å². The van der Waals surface area contributed by atoms with Crippen molar-refractivity contribution in [2.75, 3.05) is 26.2 Å². The van der Waals surface area contributed by atoms with E-state index in [1.165, 1.54) is 0 Å². The molecule has 1 aromatic carbocycles. The van der Waals surface area contributed by atoms with E-state index in [-0.39, 0.29) is 5.91 Å². The average molecular weight is 339 g/mol. The summed E-state index contributed by atoms with van der Waals surface area (Å²) in [6.45, 7) is 5.84. The molecular formula is C19H25N5O. The van der Waals surface area contributed by atoms with Crippen LogP contribution in [-0.2, 0) is 6.42 Å². The number of fused-ring (bicyclic) bond motifs is 1. The van der Waals surface area contributed by atoms with Gasteiger partial charge in [0.15, 0.2) is 0 Å². The maximum Gasteiger partial charge on any atom is 0.293 e. The highest BCUT2D eigenvalue weighted by Gasteiger charge is 2.32. The molecule has 0 radical (unpaired) electrons. The maximum atomic E-state index is 13.0. The summed E-state index contributed by atoms with van der Waals surface area (Å²) in [6.07, 6.45) is 2.89. The number of aromatic nitrogens is 3. The summed E-state index contributed by atoms with van der Waals surface area (Å²) in [5.74, 6) is 2.53. The second kappa shape index (κ2) is 6.96. The molecule has 0 spiro atoms. The summed E-state index contributed by atoms with van der Waals surface area (Å²) in [4.78, 5) is 19.4. The second-order valence-electron chi connectivity index (χ2n) is 7.00. The van der Waals surface area contributed by atoms with Crippen molar-refractivity contribution in [2.45, 2.75) is 26.2 Å². The largest absolute Gasteiger partial charge is 0.336 e. The number of hydrogen-bond acceptors (Lipinski definition) is 4. The minimum Gasteiger partial charge on any atom is -0.336 e. The third kappa shape index (κ3) is 3.18. The molecule has 6 nitrogen and oxygen atoms in total. The van der Waals surface area contributed by atoms with Gasteiger partial charge in [0.05, 0.1) is 5.69 Å². The van der Waals surface area contributed by atoms with E-state index < -0.39 is 0 Å². The van der Waals surface area contributed by atoms with Gasteiger partial charge in [-0.15, -0.1) is 5.10 Å². The lowest BCUT2D eigenvalue weighted by atomic mass is 9.92. The molecule has 2 fully saturated rings. The molecule has 2 saturated heterocycles. The topological polar surface area (TPSA) is 63.1 Å². The number of nitrogens with zero attached hydrogens (tertiary/aromatic N) is 4. The Balaban J connectivity index is 1.55. The Bertz CT molecular complexity index is 728. The Kier molecular flexibility index (Phi) is 4.53. The highest BCUT2D eigenvalue weighted by atomic mass is 16.2. The van der Waals surface area contributed by atoms with Crippen molar-refractivity contribution in [3.8, 4) is 5.69 Å². The molecule has 0 unspecified atom stereocenters. The Hall–Kier alpha value is -2.21. The molecule has 1 N–H and O–H groups in total. The lowest BCUT2D eigenvalue weighted by molar-refractivity contribution is 0.0746. The van der Waals surface area contributed by atoms with E-state index in [1.54, 1.807) is 4.68 Å². The molecule has 3 heterocycles. The summed E-state index contributed by atoms with van der Waals surface area (Å²) in [7, 11) is 0. The number of rotatable bonds is 3. The van der Waals surface area contributed by atoms with Crippen LogP contribution >= 0.6 is 0 Å². The molecule has 0 aliphatic carbocycles. The Labute approximate surface area is 148 Å². The van der Waals surface area contributed by atoms with Crippen LogP contribution in [0.4, 0.5) is 0 Å². The molecule has 4 rings (SSSR count). The fourth-order valence-corrected chi connectivity index (χ4v) is 4.00. The van der Waals surface area contributed by atoms with Gasteiger partial charge >= 0.3 is 0 Å². The van der Waals surface area contributed by atoms with Gasteiger partial charge in [0.25, 0.3) is 5.91 Å². The van der Waals surface area contributed by atoms with E-state index in [2.05, 4.69) is 15.4 Å².